The third-order valence-electron chi connectivity index (χ3n) is 4.34. The van der Waals surface area contributed by atoms with Crippen LogP contribution in [0.2, 0.25) is 5.02 Å². The molecule has 2 amide bonds. The predicted molar refractivity (Wildman–Crippen MR) is 125 cm³/mol. The van der Waals surface area contributed by atoms with Crippen molar-refractivity contribution in [2.45, 2.75) is 38.6 Å². The van der Waals surface area contributed by atoms with Crippen LogP contribution in [0.1, 0.15) is 31.4 Å². The van der Waals surface area contributed by atoms with E-state index < -0.39 is 6.04 Å². The molecule has 29 heavy (non-hydrogen) atoms. The van der Waals surface area contributed by atoms with Gasteiger partial charge in [-0.3, -0.25) is 9.59 Å². The smallest absolute Gasteiger partial charge is 0.242 e. The Hall–Kier alpha value is -1.50. The maximum Gasteiger partial charge on any atom is 0.242 e. The molecule has 2 aromatic carbocycles. The molecule has 0 heterocycles. The fourth-order valence-corrected chi connectivity index (χ4v) is 4.29. The van der Waals surface area contributed by atoms with E-state index in [1.54, 1.807) is 11.8 Å². The van der Waals surface area contributed by atoms with Gasteiger partial charge in [0.05, 0.1) is 5.75 Å². The summed E-state index contributed by atoms with van der Waals surface area (Å²) in [4.78, 5) is 27.1. The summed E-state index contributed by atoms with van der Waals surface area (Å²) >= 11 is 11.0. The number of amides is 2. The molecular formula is C22H26BrClN2O2S. The van der Waals surface area contributed by atoms with Crippen LogP contribution in [0.25, 0.3) is 0 Å². The van der Waals surface area contributed by atoms with Gasteiger partial charge in [0.2, 0.25) is 11.8 Å². The Morgan fingerprint density at radius 1 is 1.17 bits per heavy atom. The van der Waals surface area contributed by atoms with E-state index in [0.29, 0.717) is 29.6 Å². The van der Waals surface area contributed by atoms with Crippen molar-refractivity contribution in [2.75, 3.05) is 12.3 Å². The maximum atomic E-state index is 13.0. The zero-order valence-electron chi connectivity index (χ0n) is 16.7. The minimum absolute atomic E-state index is 0.0591. The Labute approximate surface area is 190 Å². The number of carbonyl (C=O) groups excluding carboxylic acids is 2. The summed E-state index contributed by atoms with van der Waals surface area (Å²) in [7, 11) is 0. The molecule has 1 unspecified atom stereocenters. The van der Waals surface area contributed by atoms with Gasteiger partial charge >= 0.3 is 0 Å². The van der Waals surface area contributed by atoms with Gasteiger partial charge in [0.15, 0.2) is 0 Å². The van der Waals surface area contributed by atoms with Gasteiger partial charge in [-0.1, -0.05) is 58.7 Å². The van der Waals surface area contributed by atoms with E-state index in [1.807, 2.05) is 55.5 Å². The van der Waals surface area contributed by atoms with Gasteiger partial charge in [-0.05, 0) is 48.7 Å². The van der Waals surface area contributed by atoms with Crippen LogP contribution >= 0.6 is 39.3 Å². The van der Waals surface area contributed by atoms with E-state index >= 15 is 0 Å². The molecule has 0 saturated carbocycles. The van der Waals surface area contributed by atoms with Crippen molar-refractivity contribution in [2.24, 2.45) is 0 Å². The fraction of sp³-hybridized carbons (Fsp3) is 0.364. The van der Waals surface area contributed by atoms with E-state index in [-0.39, 0.29) is 11.8 Å². The highest BCUT2D eigenvalue weighted by molar-refractivity contribution is 9.10. The van der Waals surface area contributed by atoms with Crippen molar-refractivity contribution in [3.05, 3.63) is 69.2 Å². The number of carbonyl (C=O) groups is 2. The lowest BCUT2D eigenvalue weighted by Crippen LogP contribution is -2.48. The molecule has 0 bridgehead atoms. The van der Waals surface area contributed by atoms with Gasteiger partial charge in [-0.15, -0.1) is 11.8 Å². The zero-order valence-corrected chi connectivity index (χ0v) is 19.8. The van der Waals surface area contributed by atoms with Gasteiger partial charge in [0, 0.05) is 28.3 Å². The molecule has 0 aromatic heterocycles. The van der Waals surface area contributed by atoms with E-state index in [0.717, 1.165) is 22.0 Å². The normalized spacial score (nSPS) is 11.7. The van der Waals surface area contributed by atoms with Crippen molar-refractivity contribution in [3.8, 4) is 0 Å². The van der Waals surface area contributed by atoms with Crippen LogP contribution in [0.4, 0.5) is 0 Å². The summed E-state index contributed by atoms with van der Waals surface area (Å²) in [5.41, 5.74) is 2.05. The largest absolute Gasteiger partial charge is 0.354 e. The second-order valence-electron chi connectivity index (χ2n) is 6.74. The minimum atomic E-state index is -0.542. The number of rotatable bonds is 10. The molecule has 7 heteroatoms. The van der Waals surface area contributed by atoms with Crippen LogP contribution < -0.4 is 5.32 Å². The highest BCUT2D eigenvalue weighted by Gasteiger charge is 2.25. The standard InChI is InChI=1S/C22H26BrClN2O2S/c1-3-10-25-22(28)16(2)26(13-17-6-4-8-19(23)11-17)21(27)15-29-14-18-7-5-9-20(24)12-18/h4-9,11-12,16H,3,10,13-15H2,1-2H3,(H,25,28). The molecule has 0 saturated heterocycles. The second-order valence-corrected chi connectivity index (χ2v) is 9.08. The number of nitrogens with one attached hydrogen (secondary N) is 1. The Morgan fingerprint density at radius 2 is 1.90 bits per heavy atom. The van der Waals surface area contributed by atoms with Crippen LogP contribution in [0, 0.1) is 0 Å². The average molecular weight is 498 g/mol. The summed E-state index contributed by atoms with van der Waals surface area (Å²) < 4.78 is 0.945. The molecule has 0 aliphatic heterocycles. The number of halogens is 2. The lowest BCUT2D eigenvalue weighted by Gasteiger charge is -2.29. The molecular weight excluding hydrogens is 472 g/mol. The Morgan fingerprint density at radius 3 is 2.59 bits per heavy atom. The first-order valence-electron chi connectivity index (χ1n) is 9.54. The highest BCUT2D eigenvalue weighted by atomic mass is 79.9. The summed E-state index contributed by atoms with van der Waals surface area (Å²) in [6.45, 7) is 4.77. The van der Waals surface area contributed by atoms with Crippen LogP contribution in [-0.4, -0.2) is 35.1 Å². The molecule has 0 aliphatic carbocycles. The van der Waals surface area contributed by atoms with Gasteiger partial charge in [-0.25, -0.2) is 0 Å². The number of thioether (sulfide) groups is 1. The van der Waals surface area contributed by atoms with Crippen LogP contribution in [0.15, 0.2) is 53.0 Å². The second kappa shape index (κ2) is 12.3. The highest BCUT2D eigenvalue weighted by Crippen LogP contribution is 2.19. The number of hydrogen-bond donors (Lipinski definition) is 1. The Bertz CT molecular complexity index is 834. The van der Waals surface area contributed by atoms with Crippen LogP contribution in [-0.2, 0) is 21.9 Å². The van der Waals surface area contributed by atoms with E-state index in [2.05, 4.69) is 21.2 Å². The number of benzene rings is 2. The monoisotopic (exact) mass is 496 g/mol. The van der Waals surface area contributed by atoms with Gasteiger partial charge in [0.1, 0.15) is 6.04 Å². The van der Waals surface area contributed by atoms with Crippen molar-refractivity contribution in [1.82, 2.24) is 10.2 Å². The van der Waals surface area contributed by atoms with Gasteiger partial charge in [0.25, 0.3) is 0 Å². The van der Waals surface area contributed by atoms with Crippen molar-refractivity contribution in [1.29, 1.82) is 0 Å². The summed E-state index contributed by atoms with van der Waals surface area (Å²) in [6, 6.07) is 14.9. The topological polar surface area (TPSA) is 49.4 Å². The average Bonchev–Trinajstić information content (AvgIpc) is 2.69. The van der Waals surface area contributed by atoms with Crippen molar-refractivity contribution < 1.29 is 9.59 Å². The molecule has 0 spiro atoms. The van der Waals surface area contributed by atoms with E-state index in [1.165, 1.54) is 11.8 Å². The molecule has 0 aliphatic rings. The lowest BCUT2D eigenvalue weighted by molar-refractivity contribution is -0.138. The van der Waals surface area contributed by atoms with Crippen LogP contribution in [0.5, 0.6) is 0 Å². The molecule has 1 atom stereocenters. The number of nitrogens with zero attached hydrogens (tertiary/aromatic N) is 1. The molecule has 1 N–H and O–H groups in total. The van der Waals surface area contributed by atoms with Gasteiger partial charge in [-0.2, -0.15) is 0 Å². The predicted octanol–water partition coefficient (Wildman–Crippen LogP) is 5.28. The number of hydrogen-bond acceptors (Lipinski definition) is 3. The Kier molecular flexibility index (Phi) is 10.0. The summed E-state index contributed by atoms with van der Waals surface area (Å²) in [5.74, 6) is 0.797. The lowest BCUT2D eigenvalue weighted by atomic mass is 10.1. The van der Waals surface area contributed by atoms with Crippen molar-refractivity contribution in [3.63, 3.8) is 0 Å². The van der Waals surface area contributed by atoms with E-state index in [9.17, 15) is 9.59 Å². The first-order valence-corrected chi connectivity index (χ1v) is 11.9. The van der Waals surface area contributed by atoms with Crippen LogP contribution in [0.3, 0.4) is 0 Å². The zero-order chi connectivity index (χ0) is 21.2. The van der Waals surface area contributed by atoms with Crippen molar-refractivity contribution >= 4 is 51.1 Å². The fourth-order valence-electron chi connectivity index (χ4n) is 2.78. The third kappa shape index (κ3) is 8.03. The summed E-state index contributed by atoms with van der Waals surface area (Å²) in [6.07, 6.45) is 0.855. The van der Waals surface area contributed by atoms with E-state index in [4.69, 9.17) is 11.6 Å². The molecule has 0 fully saturated rings. The maximum absolute atomic E-state index is 13.0. The molecule has 4 nitrogen and oxygen atoms in total. The quantitative estimate of drug-likeness (QED) is 0.486. The molecule has 2 rings (SSSR count). The molecule has 0 radical (unpaired) electrons. The first kappa shape index (κ1) is 23.8. The summed E-state index contributed by atoms with van der Waals surface area (Å²) in [5, 5.41) is 3.58. The SMILES string of the molecule is CCCNC(=O)C(C)N(Cc1cccc(Br)c1)C(=O)CSCc1cccc(Cl)c1. The Balaban J connectivity index is 2.05. The van der Waals surface area contributed by atoms with Gasteiger partial charge < -0.3 is 10.2 Å². The molecule has 2 aromatic rings. The minimum Gasteiger partial charge on any atom is -0.354 e. The first-order chi connectivity index (χ1) is 13.9. The third-order valence-corrected chi connectivity index (χ3v) is 6.06. The molecule has 156 valence electrons.